The first-order valence-electron chi connectivity index (χ1n) is 13.3. The Balaban J connectivity index is 1.30. The molecule has 0 saturated carbocycles. The number of hydrogen-bond donors (Lipinski definition) is 3. The lowest BCUT2D eigenvalue weighted by Crippen LogP contribution is -2.42. The van der Waals surface area contributed by atoms with Crippen molar-refractivity contribution in [2.75, 3.05) is 12.3 Å². The third-order valence-electron chi connectivity index (χ3n) is 6.14. The molecule has 0 aliphatic carbocycles. The third-order valence-corrected chi connectivity index (χ3v) is 6.14. The summed E-state index contributed by atoms with van der Waals surface area (Å²) in [6.07, 6.45) is 2.06. The SMILES string of the molecule is Nc1ccccc1-c1nc(C(=O)NC(CCCCNC(=O)OCc2ccccc2)C(=O)OCc2ccccc2)co1. The van der Waals surface area contributed by atoms with E-state index >= 15 is 0 Å². The summed E-state index contributed by atoms with van der Waals surface area (Å²) in [5.74, 6) is -0.964. The number of aromatic nitrogens is 1. The van der Waals surface area contributed by atoms with Gasteiger partial charge in [0, 0.05) is 12.2 Å². The average molecular weight is 557 g/mol. The fourth-order valence-electron chi connectivity index (χ4n) is 3.94. The number of ether oxygens (including phenoxy) is 2. The number of benzene rings is 3. The number of amides is 2. The Kier molecular flexibility index (Phi) is 10.5. The van der Waals surface area contributed by atoms with Crippen LogP contribution in [0.1, 0.15) is 40.9 Å². The van der Waals surface area contributed by atoms with Crippen LogP contribution in [-0.4, -0.2) is 35.5 Å². The van der Waals surface area contributed by atoms with Gasteiger partial charge in [0.15, 0.2) is 5.69 Å². The van der Waals surface area contributed by atoms with Gasteiger partial charge in [0.2, 0.25) is 5.89 Å². The highest BCUT2D eigenvalue weighted by molar-refractivity contribution is 5.95. The van der Waals surface area contributed by atoms with Gasteiger partial charge in [-0.2, -0.15) is 0 Å². The minimum atomic E-state index is -0.932. The van der Waals surface area contributed by atoms with Crippen molar-refractivity contribution in [1.29, 1.82) is 0 Å². The minimum Gasteiger partial charge on any atom is -0.459 e. The summed E-state index contributed by atoms with van der Waals surface area (Å²) in [5.41, 5.74) is 8.72. The van der Waals surface area contributed by atoms with Crippen LogP contribution in [0.25, 0.3) is 11.5 Å². The molecule has 41 heavy (non-hydrogen) atoms. The molecule has 0 saturated heterocycles. The van der Waals surface area contributed by atoms with Crippen molar-refractivity contribution in [3.63, 3.8) is 0 Å². The van der Waals surface area contributed by atoms with Crippen LogP contribution in [0.3, 0.4) is 0 Å². The zero-order valence-electron chi connectivity index (χ0n) is 22.5. The van der Waals surface area contributed by atoms with Crippen molar-refractivity contribution >= 4 is 23.7 Å². The molecule has 0 bridgehead atoms. The molecule has 10 heteroatoms. The molecule has 3 aromatic carbocycles. The molecule has 1 heterocycles. The number of nitrogens with one attached hydrogen (secondary N) is 2. The highest BCUT2D eigenvalue weighted by Crippen LogP contribution is 2.24. The van der Waals surface area contributed by atoms with Gasteiger partial charge in [-0.1, -0.05) is 72.8 Å². The maximum absolute atomic E-state index is 13.0. The van der Waals surface area contributed by atoms with E-state index < -0.39 is 24.0 Å². The first-order valence-corrected chi connectivity index (χ1v) is 13.3. The monoisotopic (exact) mass is 556 g/mol. The Hall–Kier alpha value is -5.12. The van der Waals surface area contributed by atoms with Gasteiger partial charge >= 0.3 is 12.1 Å². The summed E-state index contributed by atoms with van der Waals surface area (Å²) in [6, 6.07) is 24.7. The number of nitrogens with two attached hydrogens (primary N) is 1. The largest absolute Gasteiger partial charge is 0.459 e. The number of nitrogen functional groups attached to an aromatic ring is 1. The molecule has 2 amide bonds. The topological polar surface area (TPSA) is 146 Å². The second-order valence-corrected chi connectivity index (χ2v) is 9.23. The number of carbonyl (C=O) groups excluding carboxylic acids is 3. The van der Waals surface area contributed by atoms with E-state index in [1.165, 1.54) is 6.26 Å². The van der Waals surface area contributed by atoms with E-state index in [1.54, 1.807) is 24.3 Å². The number of rotatable bonds is 13. The molecule has 0 radical (unpaired) electrons. The molecule has 10 nitrogen and oxygen atoms in total. The molecule has 4 aromatic rings. The number of nitrogens with zero attached hydrogens (tertiary/aromatic N) is 1. The fraction of sp³-hybridized carbons (Fsp3) is 0.226. The fourth-order valence-corrected chi connectivity index (χ4v) is 3.94. The van der Waals surface area contributed by atoms with Gasteiger partial charge in [0.05, 0.1) is 5.56 Å². The van der Waals surface area contributed by atoms with Crippen molar-refractivity contribution in [3.05, 3.63) is 108 Å². The number of unbranched alkanes of at least 4 members (excludes halogenated alkanes) is 1. The average Bonchev–Trinajstić information content (AvgIpc) is 3.50. The van der Waals surface area contributed by atoms with Gasteiger partial charge < -0.3 is 30.3 Å². The zero-order valence-corrected chi connectivity index (χ0v) is 22.5. The van der Waals surface area contributed by atoms with Crippen molar-refractivity contribution in [3.8, 4) is 11.5 Å². The number of alkyl carbamates (subject to hydrolysis) is 1. The van der Waals surface area contributed by atoms with Gasteiger partial charge in [-0.05, 0) is 42.5 Å². The van der Waals surface area contributed by atoms with Crippen LogP contribution in [0.5, 0.6) is 0 Å². The number of esters is 1. The standard InChI is InChI=1S/C31H32N4O6/c32-25-16-8-7-15-24(25)29-35-27(21-39-29)28(36)34-26(30(37)40-19-22-11-3-1-4-12-22)17-9-10-18-33-31(38)41-20-23-13-5-2-6-14-23/h1-8,11-16,21,26H,9-10,17-20,32H2,(H,33,38)(H,34,36). The lowest BCUT2D eigenvalue weighted by molar-refractivity contribution is -0.147. The van der Waals surface area contributed by atoms with Crippen LogP contribution >= 0.6 is 0 Å². The van der Waals surface area contributed by atoms with Gasteiger partial charge in [0.1, 0.15) is 25.5 Å². The summed E-state index contributed by atoms with van der Waals surface area (Å²) >= 11 is 0. The number of anilines is 1. The number of carbonyl (C=O) groups is 3. The van der Waals surface area contributed by atoms with Crippen molar-refractivity contribution in [1.82, 2.24) is 15.6 Å². The molecule has 0 fully saturated rings. The normalized spacial score (nSPS) is 11.3. The molecule has 212 valence electrons. The van der Waals surface area contributed by atoms with Crippen LogP contribution in [0.15, 0.2) is 95.6 Å². The molecular weight excluding hydrogens is 524 g/mol. The van der Waals surface area contributed by atoms with Crippen molar-refractivity contribution < 1.29 is 28.3 Å². The minimum absolute atomic E-state index is 0.00643. The molecular formula is C31H32N4O6. The van der Waals surface area contributed by atoms with Gasteiger partial charge in [-0.25, -0.2) is 14.6 Å². The lowest BCUT2D eigenvalue weighted by atomic mass is 10.1. The third kappa shape index (κ3) is 8.96. The molecule has 1 atom stereocenters. The first-order chi connectivity index (χ1) is 20.0. The number of para-hydroxylation sites is 1. The van der Waals surface area contributed by atoms with Crippen LogP contribution in [-0.2, 0) is 27.5 Å². The predicted molar refractivity (Wildman–Crippen MR) is 152 cm³/mol. The number of oxazole rings is 1. The van der Waals surface area contributed by atoms with E-state index in [1.807, 2.05) is 60.7 Å². The Labute approximate surface area is 237 Å². The number of hydrogen-bond acceptors (Lipinski definition) is 8. The molecule has 0 spiro atoms. The van der Waals surface area contributed by atoms with Crippen molar-refractivity contribution in [2.45, 2.75) is 38.5 Å². The van der Waals surface area contributed by atoms with Gasteiger partial charge in [-0.3, -0.25) is 4.79 Å². The van der Waals surface area contributed by atoms with Crippen molar-refractivity contribution in [2.24, 2.45) is 0 Å². The molecule has 0 aliphatic heterocycles. The van der Waals surface area contributed by atoms with Crippen LogP contribution in [0, 0.1) is 0 Å². The molecule has 1 unspecified atom stereocenters. The van der Waals surface area contributed by atoms with E-state index in [0.29, 0.717) is 30.6 Å². The molecule has 4 rings (SSSR count). The van der Waals surface area contributed by atoms with Crippen LogP contribution in [0.2, 0.25) is 0 Å². The molecule has 4 N–H and O–H groups in total. The van der Waals surface area contributed by atoms with Crippen LogP contribution < -0.4 is 16.4 Å². The Bertz CT molecular complexity index is 1420. The Morgan fingerprint density at radius 2 is 1.46 bits per heavy atom. The predicted octanol–water partition coefficient (Wildman–Crippen LogP) is 4.86. The first kappa shape index (κ1) is 28.9. The highest BCUT2D eigenvalue weighted by atomic mass is 16.5. The second-order valence-electron chi connectivity index (χ2n) is 9.23. The van der Waals surface area contributed by atoms with Gasteiger partial charge in [-0.15, -0.1) is 0 Å². The lowest BCUT2D eigenvalue weighted by Gasteiger charge is -2.17. The summed E-state index contributed by atoms with van der Waals surface area (Å²) in [4.78, 5) is 42.2. The highest BCUT2D eigenvalue weighted by Gasteiger charge is 2.25. The summed E-state index contributed by atoms with van der Waals surface area (Å²) in [6.45, 7) is 0.593. The van der Waals surface area contributed by atoms with E-state index in [-0.39, 0.29) is 31.2 Å². The van der Waals surface area contributed by atoms with E-state index in [0.717, 1.165) is 11.1 Å². The van der Waals surface area contributed by atoms with Gasteiger partial charge in [0.25, 0.3) is 5.91 Å². The van der Waals surface area contributed by atoms with E-state index in [4.69, 9.17) is 19.6 Å². The smallest absolute Gasteiger partial charge is 0.407 e. The maximum Gasteiger partial charge on any atom is 0.407 e. The quantitative estimate of drug-likeness (QED) is 0.120. The molecule has 1 aromatic heterocycles. The molecule has 0 aliphatic rings. The summed E-state index contributed by atoms with van der Waals surface area (Å²) in [7, 11) is 0. The zero-order chi connectivity index (χ0) is 28.9. The Morgan fingerprint density at radius 3 is 2.15 bits per heavy atom. The Morgan fingerprint density at radius 1 is 0.829 bits per heavy atom. The summed E-state index contributed by atoms with van der Waals surface area (Å²) in [5, 5.41) is 5.40. The van der Waals surface area contributed by atoms with Crippen LogP contribution in [0.4, 0.5) is 10.5 Å². The van der Waals surface area contributed by atoms with E-state index in [9.17, 15) is 14.4 Å². The maximum atomic E-state index is 13.0. The van der Waals surface area contributed by atoms with E-state index in [2.05, 4.69) is 15.6 Å². The summed E-state index contributed by atoms with van der Waals surface area (Å²) < 4.78 is 16.2. The second kappa shape index (κ2) is 14.9.